The summed E-state index contributed by atoms with van der Waals surface area (Å²) in [5.41, 5.74) is 0.206. The number of aromatic carboxylic acids is 1. The lowest BCUT2D eigenvalue weighted by Crippen LogP contribution is -2.25. The first-order valence-electron chi connectivity index (χ1n) is 6.22. The number of furan rings is 1. The molecule has 19 heavy (non-hydrogen) atoms. The minimum absolute atomic E-state index is 0.206. The predicted molar refractivity (Wildman–Crippen MR) is 69.1 cm³/mol. The van der Waals surface area contributed by atoms with E-state index in [9.17, 15) is 4.79 Å². The van der Waals surface area contributed by atoms with E-state index in [0.29, 0.717) is 12.6 Å². The lowest BCUT2D eigenvalue weighted by molar-refractivity contribution is 0.0696. The summed E-state index contributed by atoms with van der Waals surface area (Å²) in [6.07, 6.45) is 5.34. The monoisotopic (exact) mass is 258 g/mol. The Morgan fingerprint density at radius 1 is 1.42 bits per heavy atom. The first-order valence-corrected chi connectivity index (χ1v) is 6.22. The number of rotatable bonds is 5. The highest BCUT2D eigenvalue weighted by molar-refractivity contribution is 5.87. The van der Waals surface area contributed by atoms with Crippen molar-refractivity contribution < 1.29 is 14.3 Å². The van der Waals surface area contributed by atoms with Crippen molar-refractivity contribution >= 4 is 11.8 Å². The van der Waals surface area contributed by atoms with Crippen LogP contribution in [0.5, 0.6) is 0 Å². The molecule has 0 saturated heterocycles. The number of anilines is 1. The molecule has 2 aromatic rings. The van der Waals surface area contributed by atoms with Crippen LogP contribution in [0, 0.1) is 0 Å². The molecule has 0 radical (unpaired) electrons. The van der Waals surface area contributed by atoms with E-state index in [1.165, 1.54) is 6.20 Å². The molecule has 3 rings (SSSR count). The number of aromatic nitrogens is 1. The average Bonchev–Trinajstić information content (AvgIpc) is 3.13. The van der Waals surface area contributed by atoms with E-state index < -0.39 is 5.97 Å². The largest absolute Gasteiger partial charge is 0.478 e. The van der Waals surface area contributed by atoms with E-state index in [1.807, 2.05) is 12.1 Å². The molecule has 98 valence electrons. The predicted octanol–water partition coefficient (Wildman–Crippen LogP) is 2.54. The second kappa shape index (κ2) is 4.76. The minimum Gasteiger partial charge on any atom is -0.478 e. The van der Waals surface area contributed by atoms with Gasteiger partial charge in [0.05, 0.1) is 18.4 Å². The Labute approximate surface area is 110 Å². The number of hydrogen-bond acceptors (Lipinski definition) is 4. The highest BCUT2D eigenvalue weighted by atomic mass is 16.4. The third-order valence-electron chi connectivity index (χ3n) is 3.18. The lowest BCUT2D eigenvalue weighted by atomic mass is 10.2. The number of carboxylic acid groups (broad SMARTS) is 1. The van der Waals surface area contributed by atoms with Gasteiger partial charge in [0.15, 0.2) is 0 Å². The number of carbonyl (C=O) groups is 1. The Bertz CT molecular complexity index is 559. The summed E-state index contributed by atoms with van der Waals surface area (Å²) < 4.78 is 5.36. The van der Waals surface area contributed by atoms with Crippen LogP contribution in [-0.2, 0) is 6.54 Å². The van der Waals surface area contributed by atoms with Crippen LogP contribution < -0.4 is 4.90 Å². The van der Waals surface area contributed by atoms with Crippen LogP contribution in [0.3, 0.4) is 0 Å². The van der Waals surface area contributed by atoms with E-state index in [0.717, 1.165) is 24.4 Å². The van der Waals surface area contributed by atoms with E-state index in [4.69, 9.17) is 9.52 Å². The van der Waals surface area contributed by atoms with Gasteiger partial charge in [-0.3, -0.25) is 0 Å². The number of hydrogen-bond donors (Lipinski definition) is 1. The van der Waals surface area contributed by atoms with Crippen molar-refractivity contribution in [2.24, 2.45) is 0 Å². The maximum Gasteiger partial charge on any atom is 0.337 e. The van der Waals surface area contributed by atoms with Gasteiger partial charge in [0.2, 0.25) is 0 Å². The molecule has 2 heterocycles. The second-order valence-electron chi connectivity index (χ2n) is 4.65. The lowest BCUT2D eigenvalue weighted by Gasteiger charge is -2.22. The standard InChI is InChI=1S/C14H14N2O3/c17-14(18)10-3-6-13(15-8-10)16(11-4-5-11)9-12-2-1-7-19-12/h1-3,6-8,11H,4-5,9H2,(H,17,18). The molecule has 0 aliphatic heterocycles. The molecule has 5 heteroatoms. The molecule has 5 nitrogen and oxygen atoms in total. The average molecular weight is 258 g/mol. The Hall–Kier alpha value is -2.30. The molecule has 1 fully saturated rings. The van der Waals surface area contributed by atoms with Gasteiger partial charge < -0.3 is 14.4 Å². The van der Waals surface area contributed by atoms with E-state index in [-0.39, 0.29) is 5.56 Å². The van der Waals surface area contributed by atoms with Crippen molar-refractivity contribution in [2.75, 3.05) is 4.90 Å². The van der Waals surface area contributed by atoms with Gasteiger partial charge in [0.1, 0.15) is 11.6 Å². The minimum atomic E-state index is -0.956. The molecule has 0 atom stereocenters. The quantitative estimate of drug-likeness (QED) is 0.892. The van der Waals surface area contributed by atoms with Gasteiger partial charge in [-0.25, -0.2) is 9.78 Å². The number of carboxylic acids is 1. The van der Waals surface area contributed by atoms with Crippen LogP contribution in [0.2, 0.25) is 0 Å². The van der Waals surface area contributed by atoms with Gasteiger partial charge in [0, 0.05) is 12.2 Å². The van der Waals surface area contributed by atoms with Crippen LogP contribution in [0.15, 0.2) is 41.1 Å². The molecule has 0 aromatic carbocycles. The van der Waals surface area contributed by atoms with Crippen molar-refractivity contribution in [1.29, 1.82) is 0 Å². The Morgan fingerprint density at radius 2 is 2.26 bits per heavy atom. The third kappa shape index (κ3) is 2.59. The molecule has 1 saturated carbocycles. The van der Waals surface area contributed by atoms with Gasteiger partial charge in [0.25, 0.3) is 0 Å². The fraction of sp³-hybridized carbons (Fsp3) is 0.286. The van der Waals surface area contributed by atoms with E-state index >= 15 is 0 Å². The molecule has 1 aliphatic carbocycles. The molecule has 0 amide bonds. The van der Waals surface area contributed by atoms with Gasteiger partial charge in [-0.05, 0) is 37.1 Å². The topological polar surface area (TPSA) is 66.6 Å². The Balaban J connectivity index is 1.81. The Kier molecular flexibility index (Phi) is 2.95. The first kappa shape index (κ1) is 11.8. The molecule has 1 N–H and O–H groups in total. The summed E-state index contributed by atoms with van der Waals surface area (Å²) in [6, 6.07) is 7.61. The summed E-state index contributed by atoms with van der Waals surface area (Å²) in [5.74, 6) is 0.725. The summed E-state index contributed by atoms with van der Waals surface area (Å²) in [5, 5.41) is 8.87. The van der Waals surface area contributed by atoms with Crippen LogP contribution in [0.4, 0.5) is 5.82 Å². The first-order chi connectivity index (χ1) is 9.24. The van der Waals surface area contributed by atoms with Crippen molar-refractivity contribution in [3.8, 4) is 0 Å². The molecule has 0 spiro atoms. The molecular formula is C14H14N2O3. The molecule has 0 bridgehead atoms. The van der Waals surface area contributed by atoms with Crippen molar-refractivity contribution in [2.45, 2.75) is 25.4 Å². The van der Waals surface area contributed by atoms with Crippen molar-refractivity contribution in [3.05, 3.63) is 48.0 Å². The van der Waals surface area contributed by atoms with Crippen molar-refractivity contribution in [1.82, 2.24) is 4.98 Å². The van der Waals surface area contributed by atoms with Gasteiger partial charge in [-0.15, -0.1) is 0 Å². The fourth-order valence-electron chi connectivity index (χ4n) is 2.04. The molecule has 0 unspecified atom stereocenters. The maximum atomic E-state index is 10.8. The van der Waals surface area contributed by atoms with Gasteiger partial charge in [-0.1, -0.05) is 0 Å². The van der Waals surface area contributed by atoms with Crippen LogP contribution in [0.1, 0.15) is 29.0 Å². The summed E-state index contributed by atoms with van der Waals surface area (Å²) in [4.78, 5) is 17.2. The highest BCUT2D eigenvalue weighted by Gasteiger charge is 2.30. The van der Waals surface area contributed by atoms with Crippen LogP contribution in [0.25, 0.3) is 0 Å². The normalized spacial score (nSPS) is 14.3. The van der Waals surface area contributed by atoms with E-state index in [1.54, 1.807) is 18.4 Å². The molecule has 2 aromatic heterocycles. The van der Waals surface area contributed by atoms with Crippen LogP contribution in [-0.4, -0.2) is 22.1 Å². The van der Waals surface area contributed by atoms with Crippen LogP contribution >= 0.6 is 0 Å². The third-order valence-corrected chi connectivity index (χ3v) is 3.18. The van der Waals surface area contributed by atoms with E-state index in [2.05, 4.69) is 9.88 Å². The molecular weight excluding hydrogens is 244 g/mol. The van der Waals surface area contributed by atoms with Gasteiger partial charge >= 0.3 is 5.97 Å². The van der Waals surface area contributed by atoms with Gasteiger partial charge in [-0.2, -0.15) is 0 Å². The number of pyridine rings is 1. The number of nitrogens with zero attached hydrogens (tertiary/aromatic N) is 2. The highest BCUT2D eigenvalue weighted by Crippen LogP contribution is 2.32. The summed E-state index contributed by atoms with van der Waals surface area (Å²) in [7, 11) is 0. The van der Waals surface area contributed by atoms with Crippen molar-refractivity contribution in [3.63, 3.8) is 0 Å². The smallest absolute Gasteiger partial charge is 0.337 e. The zero-order chi connectivity index (χ0) is 13.2. The second-order valence-corrected chi connectivity index (χ2v) is 4.65. The summed E-state index contributed by atoms with van der Waals surface area (Å²) >= 11 is 0. The maximum absolute atomic E-state index is 10.8. The molecule has 1 aliphatic rings. The zero-order valence-electron chi connectivity index (χ0n) is 10.3. The Morgan fingerprint density at radius 3 is 2.79 bits per heavy atom. The fourth-order valence-corrected chi connectivity index (χ4v) is 2.04. The zero-order valence-corrected chi connectivity index (χ0v) is 10.3. The summed E-state index contributed by atoms with van der Waals surface area (Å²) in [6.45, 7) is 0.664. The SMILES string of the molecule is O=C(O)c1ccc(N(Cc2ccco2)C2CC2)nc1.